The summed E-state index contributed by atoms with van der Waals surface area (Å²) in [6, 6.07) is 0.272. The molecular weight excluding hydrogens is 249 g/mol. The van der Waals surface area contributed by atoms with Crippen molar-refractivity contribution in [2.75, 3.05) is 0 Å². The number of halogens is 1. The van der Waals surface area contributed by atoms with E-state index in [4.69, 9.17) is 0 Å². The molecule has 2 rings (SSSR count). The van der Waals surface area contributed by atoms with Crippen molar-refractivity contribution in [1.29, 1.82) is 0 Å². The molecule has 102 valence electrons. The van der Waals surface area contributed by atoms with Crippen LogP contribution in [0.15, 0.2) is 18.5 Å². The monoisotopic (exact) mass is 265 g/mol. The number of hydrogen-bond donors (Lipinski definition) is 1. The number of carbonyl (C=O) groups is 2. The number of aromatic nitrogens is 1. The predicted octanol–water partition coefficient (Wildman–Crippen LogP) is 0.846. The molecule has 6 heteroatoms. The van der Waals surface area contributed by atoms with Gasteiger partial charge in [-0.2, -0.15) is 0 Å². The molecule has 0 spiro atoms. The number of amides is 2. The van der Waals surface area contributed by atoms with Crippen LogP contribution in [-0.4, -0.2) is 33.8 Å². The molecule has 1 fully saturated rings. The Morgan fingerprint density at radius 1 is 1.42 bits per heavy atom. The molecule has 0 aromatic carbocycles. The van der Waals surface area contributed by atoms with Crippen molar-refractivity contribution in [2.45, 2.75) is 38.9 Å². The Morgan fingerprint density at radius 3 is 2.79 bits per heavy atom. The predicted molar refractivity (Wildman–Crippen MR) is 66.4 cm³/mol. The number of nitrogens with one attached hydrogen (secondary N) is 1. The molecule has 1 aromatic heterocycles. The second kappa shape index (κ2) is 5.34. The average molecular weight is 265 g/mol. The molecule has 2 amide bonds. The van der Waals surface area contributed by atoms with Crippen LogP contribution in [0.2, 0.25) is 0 Å². The summed E-state index contributed by atoms with van der Waals surface area (Å²) in [6.07, 6.45) is 3.13. The minimum Gasteiger partial charge on any atom is -0.343 e. The van der Waals surface area contributed by atoms with Gasteiger partial charge in [0.15, 0.2) is 0 Å². The summed E-state index contributed by atoms with van der Waals surface area (Å²) in [7, 11) is 0. The lowest BCUT2D eigenvalue weighted by atomic mass is 10.0. The Balaban J connectivity index is 2.24. The first kappa shape index (κ1) is 13.5. The summed E-state index contributed by atoms with van der Waals surface area (Å²) >= 11 is 0. The third-order valence-corrected chi connectivity index (χ3v) is 3.19. The second-order valence-electron chi connectivity index (χ2n) is 4.63. The highest BCUT2D eigenvalue weighted by atomic mass is 19.1. The molecule has 1 N–H and O–H groups in total. The van der Waals surface area contributed by atoms with Gasteiger partial charge in [0, 0.05) is 12.7 Å². The van der Waals surface area contributed by atoms with Crippen molar-refractivity contribution < 1.29 is 14.0 Å². The van der Waals surface area contributed by atoms with Crippen LogP contribution in [0.5, 0.6) is 0 Å². The highest BCUT2D eigenvalue weighted by Gasteiger charge is 2.37. The zero-order chi connectivity index (χ0) is 14.0. The molecule has 2 unspecified atom stereocenters. The number of pyridine rings is 1. The highest BCUT2D eigenvalue weighted by Crippen LogP contribution is 2.17. The fourth-order valence-corrected chi connectivity index (χ4v) is 2.25. The first-order valence-corrected chi connectivity index (χ1v) is 6.23. The number of carbonyl (C=O) groups excluding carboxylic acids is 2. The van der Waals surface area contributed by atoms with Crippen LogP contribution in [0.4, 0.5) is 4.39 Å². The van der Waals surface area contributed by atoms with Crippen molar-refractivity contribution in [3.63, 3.8) is 0 Å². The van der Waals surface area contributed by atoms with Gasteiger partial charge in [0.25, 0.3) is 0 Å². The molecule has 0 radical (unpaired) electrons. The van der Waals surface area contributed by atoms with E-state index in [2.05, 4.69) is 10.3 Å². The lowest BCUT2D eigenvalue weighted by Gasteiger charge is -2.37. The van der Waals surface area contributed by atoms with Gasteiger partial charge in [-0.15, -0.1) is 0 Å². The van der Waals surface area contributed by atoms with Crippen LogP contribution < -0.4 is 5.32 Å². The molecule has 19 heavy (non-hydrogen) atoms. The van der Waals surface area contributed by atoms with Gasteiger partial charge in [-0.25, -0.2) is 4.39 Å². The van der Waals surface area contributed by atoms with E-state index in [-0.39, 0.29) is 18.4 Å². The number of hydrogen-bond acceptors (Lipinski definition) is 3. The fourth-order valence-electron chi connectivity index (χ4n) is 2.25. The van der Waals surface area contributed by atoms with Crippen LogP contribution in [0, 0.1) is 5.82 Å². The number of piperazine rings is 1. The smallest absolute Gasteiger partial charge is 0.245 e. The molecule has 0 saturated carbocycles. The van der Waals surface area contributed by atoms with Gasteiger partial charge in [-0.05, 0) is 25.0 Å². The lowest BCUT2D eigenvalue weighted by molar-refractivity contribution is -0.149. The van der Waals surface area contributed by atoms with Crippen molar-refractivity contribution in [3.8, 4) is 0 Å². The van der Waals surface area contributed by atoms with Crippen molar-refractivity contribution in [1.82, 2.24) is 15.2 Å². The molecule has 2 atom stereocenters. The maximum absolute atomic E-state index is 13.1. The zero-order valence-corrected chi connectivity index (χ0v) is 10.9. The van der Waals surface area contributed by atoms with Gasteiger partial charge in [0.2, 0.25) is 11.8 Å². The molecule has 1 aliphatic heterocycles. The molecule has 1 aromatic rings. The molecule has 0 bridgehead atoms. The van der Waals surface area contributed by atoms with Gasteiger partial charge in [0.05, 0.1) is 6.20 Å². The maximum atomic E-state index is 13.1. The standard InChI is InChI=1S/C13H16FN3O2/c1-3-11-12(18)16-8(2)13(19)17(11)7-9-4-10(14)6-15-5-9/h4-6,8,11H,3,7H2,1-2H3,(H,16,18). The Labute approximate surface area is 110 Å². The van der Waals surface area contributed by atoms with Crippen LogP contribution in [0.1, 0.15) is 25.8 Å². The SMILES string of the molecule is CCC1C(=O)NC(C)C(=O)N1Cc1cncc(F)c1. The second-order valence-corrected chi connectivity index (χ2v) is 4.63. The molecule has 0 aliphatic carbocycles. The minimum absolute atomic E-state index is 0.157. The van der Waals surface area contributed by atoms with Gasteiger partial charge in [0.1, 0.15) is 17.9 Å². The third-order valence-electron chi connectivity index (χ3n) is 3.19. The minimum atomic E-state index is -0.545. The molecular formula is C13H16FN3O2. The van der Waals surface area contributed by atoms with Gasteiger partial charge < -0.3 is 10.2 Å². The average Bonchev–Trinajstić information content (AvgIpc) is 2.36. The topological polar surface area (TPSA) is 62.3 Å². The summed E-state index contributed by atoms with van der Waals surface area (Å²) < 4.78 is 13.1. The third kappa shape index (κ3) is 2.72. The Bertz CT molecular complexity index is 506. The fraction of sp³-hybridized carbons (Fsp3) is 0.462. The van der Waals surface area contributed by atoms with Crippen LogP contribution in [0.25, 0.3) is 0 Å². The molecule has 1 saturated heterocycles. The molecule has 2 heterocycles. The van der Waals surface area contributed by atoms with E-state index in [1.807, 2.05) is 6.92 Å². The van der Waals surface area contributed by atoms with Gasteiger partial charge >= 0.3 is 0 Å². The van der Waals surface area contributed by atoms with Crippen molar-refractivity contribution in [2.24, 2.45) is 0 Å². The summed E-state index contributed by atoms with van der Waals surface area (Å²) in [5, 5.41) is 2.64. The highest BCUT2D eigenvalue weighted by molar-refractivity contribution is 5.96. The van der Waals surface area contributed by atoms with E-state index >= 15 is 0 Å². The summed E-state index contributed by atoms with van der Waals surface area (Å²) in [5.41, 5.74) is 0.578. The van der Waals surface area contributed by atoms with Gasteiger partial charge in [-0.3, -0.25) is 14.6 Å². The largest absolute Gasteiger partial charge is 0.343 e. The quantitative estimate of drug-likeness (QED) is 0.881. The summed E-state index contributed by atoms with van der Waals surface area (Å²) in [4.78, 5) is 29.2. The normalized spacial score (nSPS) is 23.4. The number of nitrogens with zero attached hydrogens (tertiary/aromatic N) is 2. The van der Waals surface area contributed by atoms with Crippen molar-refractivity contribution in [3.05, 3.63) is 29.8 Å². The first-order valence-electron chi connectivity index (χ1n) is 6.23. The summed E-state index contributed by atoms with van der Waals surface area (Å²) in [6.45, 7) is 3.67. The van der Waals surface area contributed by atoms with Crippen LogP contribution in [-0.2, 0) is 16.1 Å². The van der Waals surface area contributed by atoms with E-state index in [0.717, 1.165) is 6.20 Å². The molecule has 1 aliphatic rings. The lowest BCUT2D eigenvalue weighted by Crippen LogP contribution is -2.61. The van der Waals surface area contributed by atoms with E-state index in [9.17, 15) is 14.0 Å². The zero-order valence-electron chi connectivity index (χ0n) is 10.9. The van der Waals surface area contributed by atoms with E-state index in [0.29, 0.717) is 12.0 Å². The maximum Gasteiger partial charge on any atom is 0.245 e. The Hall–Kier alpha value is -1.98. The van der Waals surface area contributed by atoms with E-state index in [1.165, 1.54) is 17.2 Å². The van der Waals surface area contributed by atoms with Crippen LogP contribution in [0.3, 0.4) is 0 Å². The van der Waals surface area contributed by atoms with Gasteiger partial charge in [-0.1, -0.05) is 6.92 Å². The number of rotatable bonds is 3. The Kier molecular flexibility index (Phi) is 3.78. The molecule has 5 nitrogen and oxygen atoms in total. The van der Waals surface area contributed by atoms with Crippen molar-refractivity contribution >= 4 is 11.8 Å². The summed E-state index contributed by atoms with van der Waals surface area (Å²) in [5.74, 6) is -0.776. The van der Waals surface area contributed by atoms with Crippen LogP contribution >= 0.6 is 0 Å². The first-order chi connectivity index (χ1) is 9.02. The van der Waals surface area contributed by atoms with E-state index < -0.39 is 17.9 Å². The van der Waals surface area contributed by atoms with E-state index in [1.54, 1.807) is 6.92 Å². The Morgan fingerprint density at radius 2 is 2.16 bits per heavy atom.